The summed E-state index contributed by atoms with van der Waals surface area (Å²) in [5.41, 5.74) is 1.71. The van der Waals surface area contributed by atoms with Gasteiger partial charge in [0.2, 0.25) is 11.8 Å². The van der Waals surface area contributed by atoms with Gasteiger partial charge in [0.15, 0.2) is 0 Å². The van der Waals surface area contributed by atoms with E-state index in [1.165, 1.54) is 19.3 Å². The molecule has 5 nitrogen and oxygen atoms in total. The molecule has 2 aliphatic rings. The van der Waals surface area contributed by atoms with Crippen LogP contribution in [0, 0.1) is 11.8 Å². The number of hydrogen-bond acceptors (Lipinski definition) is 3. The summed E-state index contributed by atoms with van der Waals surface area (Å²) in [6.45, 7) is 9.04. The van der Waals surface area contributed by atoms with Gasteiger partial charge in [-0.3, -0.25) is 9.59 Å². The van der Waals surface area contributed by atoms with Crippen molar-refractivity contribution in [3.05, 3.63) is 42.6 Å². The third-order valence-corrected chi connectivity index (χ3v) is 6.27. The average Bonchev–Trinajstić information content (AvgIpc) is 3.22. The fourth-order valence-corrected chi connectivity index (χ4v) is 4.57. The molecular weight excluding hydrogens is 362 g/mol. The fourth-order valence-electron chi connectivity index (χ4n) is 4.57. The van der Waals surface area contributed by atoms with E-state index in [2.05, 4.69) is 22.1 Å². The smallest absolute Gasteiger partial charge is 0.247 e. The van der Waals surface area contributed by atoms with Crippen molar-refractivity contribution >= 4 is 17.5 Å². The van der Waals surface area contributed by atoms with E-state index in [1.54, 1.807) is 0 Å². The van der Waals surface area contributed by atoms with Crippen LogP contribution in [0.15, 0.2) is 42.6 Å². The van der Waals surface area contributed by atoms with Gasteiger partial charge >= 0.3 is 0 Å². The highest BCUT2D eigenvalue weighted by molar-refractivity contribution is 5.95. The van der Waals surface area contributed by atoms with Crippen LogP contribution in [-0.2, 0) is 9.59 Å². The largest absolute Gasteiger partial charge is 0.362 e. The summed E-state index contributed by atoms with van der Waals surface area (Å²) in [5, 5.41) is 6.30. The first-order valence-corrected chi connectivity index (χ1v) is 11.1. The minimum absolute atomic E-state index is 0.00688. The van der Waals surface area contributed by atoms with E-state index in [0.717, 1.165) is 43.6 Å². The molecular formula is C24H35N3O2. The molecule has 1 aliphatic carbocycles. The number of likely N-dealkylation sites (tertiary alicyclic amines) is 1. The standard InChI is InChI=1S/C24H35N3O2/c1-17(2)23(28)26-22(19-11-6-4-7-12-19)18(3)27-16-10-15-21(27)24(29)25-20-13-8-5-9-14-20/h5,8-9,13-14,17,19,21-22H,3-4,6-7,10-12,15-16H2,1-2H3,(H,25,29)(H,26,28)/t21-,22+/m0/s1. The molecule has 0 bridgehead atoms. The summed E-state index contributed by atoms with van der Waals surface area (Å²) in [7, 11) is 0. The van der Waals surface area contributed by atoms with Crippen LogP contribution >= 0.6 is 0 Å². The lowest BCUT2D eigenvalue weighted by Crippen LogP contribution is -2.50. The topological polar surface area (TPSA) is 61.4 Å². The Hall–Kier alpha value is -2.30. The van der Waals surface area contributed by atoms with Gasteiger partial charge in [0.25, 0.3) is 0 Å². The van der Waals surface area contributed by atoms with Gasteiger partial charge in [-0.2, -0.15) is 0 Å². The van der Waals surface area contributed by atoms with Gasteiger partial charge in [0.05, 0.1) is 6.04 Å². The van der Waals surface area contributed by atoms with Gasteiger partial charge in [-0.1, -0.05) is 57.9 Å². The molecule has 2 amide bonds. The number of nitrogens with zero attached hydrogens (tertiary/aromatic N) is 1. The van der Waals surface area contributed by atoms with Crippen LogP contribution in [-0.4, -0.2) is 35.3 Å². The first-order valence-electron chi connectivity index (χ1n) is 11.1. The van der Waals surface area contributed by atoms with Gasteiger partial charge < -0.3 is 15.5 Å². The Labute approximate surface area is 174 Å². The van der Waals surface area contributed by atoms with Crippen LogP contribution in [0.3, 0.4) is 0 Å². The van der Waals surface area contributed by atoms with Gasteiger partial charge in [-0.05, 0) is 43.7 Å². The lowest BCUT2D eigenvalue weighted by molar-refractivity contribution is -0.125. The molecule has 5 heteroatoms. The lowest BCUT2D eigenvalue weighted by atomic mass is 9.82. The highest BCUT2D eigenvalue weighted by Crippen LogP contribution is 2.33. The molecule has 1 aromatic carbocycles. The number of rotatable bonds is 7. The Balaban J connectivity index is 1.74. The molecule has 0 aromatic heterocycles. The van der Waals surface area contributed by atoms with E-state index < -0.39 is 0 Å². The summed E-state index contributed by atoms with van der Waals surface area (Å²) in [4.78, 5) is 27.6. The summed E-state index contributed by atoms with van der Waals surface area (Å²) in [6.07, 6.45) is 7.65. The second kappa shape index (κ2) is 9.95. The molecule has 1 saturated heterocycles. The van der Waals surface area contributed by atoms with Crippen molar-refractivity contribution in [1.82, 2.24) is 10.2 Å². The summed E-state index contributed by atoms with van der Waals surface area (Å²) >= 11 is 0. The predicted octanol–water partition coefficient (Wildman–Crippen LogP) is 4.32. The number of carbonyl (C=O) groups excluding carboxylic acids is 2. The zero-order valence-corrected chi connectivity index (χ0v) is 17.8. The second-order valence-corrected chi connectivity index (χ2v) is 8.74. The maximum Gasteiger partial charge on any atom is 0.247 e. The van der Waals surface area contributed by atoms with Crippen LogP contribution in [0.2, 0.25) is 0 Å². The monoisotopic (exact) mass is 397 g/mol. The Bertz CT molecular complexity index is 710. The normalized spacial score (nSPS) is 21.1. The zero-order chi connectivity index (χ0) is 20.8. The van der Waals surface area contributed by atoms with Gasteiger partial charge in [-0.15, -0.1) is 0 Å². The van der Waals surface area contributed by atoms with Gasteiger partial charge in [-0.25, -0.2) is 0 Å². The molecule has 29 heavy (non-hydrogen) atoms. The summed E-state index contributed by atoms with van der Waals surface area (Å²) in [5.74, 6) is 0.403. The second-order valence-electron chi connectivity index (χ2n) is 8.74. The molecule has 1 saturated carbocycles. The maximum absolute atomic E-state index is 13.0. The van der Waals surface area contributed by atoms with Gasteiger partial charge in [0.1, 0.15) is 6.04 Å². The number of carbonyl (C=O) groups is 2. The van der Waals surface area contributed by atoms with E-state index in [4.69, 9.17) is 0 Å². The van der Waals surface area contributed by atoms with Crippen molar-refractivity contribution in [2.75, 3.05) is 11.9 Å². The quantitative estimate of drug-likeness (QED) is 0.720. The highest BCUT2D eigenvalue weighted by atomic mass is 16.2. The number of nitrogens with one attached hydrogen (secondary N) is 2. The SMILES string of the molecule is C=C([C@@H](NC(=O)C(C)C)C1CCCCC1)N1CCC[C@H]1C(=O)Nc1ccccc1. The maximum atomic E-state index is 13.0. The molecule has 2 fully saturated rings. The van der Waals surface area contributed by atoms with Crippen LogP contribution in [0.5, 0.6) is 0 Å². The lowest BCUT2D eigenvalue weighted by Gasteiger charge is -2.38. The van der Waals surface area contributed by atoms with Crippen LogP contribution < -0.4 is 10.6 Å². The molecule has 1 aromatic rings. The Morgan fingerprint density at radius 2 is 1.72 bits per heavy atom. The number of benzene rings is 1. The molecule has 0 spiro atoms. The molecule has 0 unspecified atom stereocenters. The zero-order valence-electron chi connectivity index (χ0n) is 17.8. The fraction of sp³-hybridized carbons (Fsp3) is 0.583. The Morgan fingerprint density at radius 3 is 2.38 bits per heavy atom. The minimum atomic E-state index is -0.232. The average molecular weight is 398 g/mol. The Kier molecular flexibility index (Phi) is 7.34. The van der Waals surface area contributed by atoms with Crippen molar-refractivity contribution in [2.45, 2.75) is 70.9 Å². The van der Waals surface area contributed by atoms with Crippen LogP contribution in [0.1, 0.15) is 58.8 Å². The highest BCUT2D eigenvalue weighted by Gasteiger charge is 2.37. The van der Waals surface area contributed by atoms with Crippen molar-refractivity contribution in [3.63, 3.8) is 0 Å². The van der Waals surface area contributed by atoms with Crippen molar-refractivity contribution < 1.29 is 9.59 Å². The molecule has 2 N–H and O–H groups in total. The van der Waals surface area contributed by atoms with Crippen LogP contribution in [0.4, 0.5) is 5.69 Å². The van der Waals surface area contributed by atoms with Crippen molar-refractivity contribution in [1.29, 1.82) is 0 Å². The molecule has 3 rings (SSSR count). The van der Waals surface area contributed by atoms with E-state index in [0.29, 0.717) is 5.92 Å². The number of amides is 2. The van der Waals surface area contributed by atoms with Gasteiger partial charge in [0, 0.05) is 23.8 Å². The summed E-state index contributed by atoms with van der Waals surface area (Å²) in [6, 6.07) is 9.26. The third kappa shape index (κ3) is 5.40. The number of hydrogen-bond donors (Lipinski definition) is 2. The molecule has 2 atom stereocenters. The molecule has 158 valence electrons. The van der Waals surface area contributed by atoms with E-state index in [9.17, 15) is 9.59 Å². The van der Waals surface area contributed by atoms with Crippen molar-refractivity contribution in [3.8, 4) is 0 Å². The first-order chi connectivity index (χ1) is 14.0. The van der Waals surface area contributed by atoms with Crippen LogP contribution in [0.25, 0.3) is 0 Å². The third-order valence-electron chi connectivity index (χ3n) is 6.27. The molecule has 1 heterocycles. The van der Waals surface area contributed by atoms with E-state index >= 15 is 0 Å². The number of para-hydroxylation sites is 1. The van der Waals surface area contributed by atoms with Crippen molar-refractivity contribution in [2.24, 2.45) is 11.8 Å². The van der Waals surface area contributed by atoms with E-state index in [1.807, 2.05) is 44.2 Å². The summed E-state index contributed by atoms with van der Waals surface area (Å²) < 4.78 is 0. The predicted molar refractivity (Wildman–Crippen MR) is 117 cm³/mol. The van der Waals surface area contributed by atoms with E-state index in [-0.39, 0.29) is 29.8 Å². The molecule has 0 radical (unpaired) electrons. The Morgan fingerprint density at radius 1 is 1.03 bits per heavy atom. The number of anilines is 1. The first kappa shape index (κ1) is 21.4. The minimum Gasteiger partial charge on any atom is -0.362 e. The molecule has 1 aliphatic heterocycles.